The van der Waals surface area contributed by atoms with Gasteiger partial charge in [-0.05, 0) is 18.8 Å². The fourth-order valence-electron chi connectivity index (χ4n) is 2.99. The molecule has 2 rings (SSSR count). The maximum Gasteiger partial charge on any atom is 0.223 e. The fraction of sp³-hybridized carbons (Fsp3) is 0.846. The van der Waals surface area contributed by atoms with Crippen molar-refractivity contribution in [2.24, 2.45) is 5.92 Å². The third-order valence-corrected chi connectivity index (χ3v) is 6.44. The highest BCUT2D eigenvalue weighted by Crippen LogP contribution is 2.28. The minimum Gasteiger partial charge on any atom is -0.339 e. The fourth-order valence-corrected chi connectivity index (χ4v) is 4.56. The van der Waals surface area contributed by atoms with Crippen molar-refractivity contribution in [2.45, 2.75) is 32.2 Å². The van der Waals surface area contributed by atoms with Crippen molar-refractivity contribution in [3.05, 3.63) is 0 Å². The van der Waals surface area contributed by atoms with Gasteiger partial charge >= 0.3 is 0 Å². The molecule has 120 valence electrons. The molecule has 0 aromatic carbocycles. The molecule has 0 bridgehead atoms. The van der Waals surface area contributed by atoms with Gasteiger partial charge in [-0.15, -0.1) is 0 Å². The summed E-state index contributed by atoms with van der Waals surface area (Å²) >= 11 is 1.28. The van der Waals surface area contributed by atoms with Crippen LogP contribution in [-0.4, -0.2) is 66.3 Å². The normalized spacial score (nSPS) is 25.5. The number of likely N-dealkylation sites (tertiary alicyclic amines) is 1. The van der Waals surface area contributed by atoms with E-state index in [0.717, 1.165) is 0 Å². The first-order valence-corrected chi connectivity index (χ1v) is 9.98. The van der Waals surface area contributed by atoms with Crippen molar-refractivity contribution in [1.29, 1.82) is 0 Å². The second-order valence-corrected chi connectivity index (χ2v) is 8.99. The van der Waals surface area contributed by atoms with Crippen molar-refractivity contribution in [1.82, 2.24) is 9.21 Å². The molecule has 21 heavy (non-hydrogen) atoms. The Labute approximate surface area is 130 Å². The lowest BCUT2D eigenvalue weighted by Crippen LogP contribution is -2.47. The van der Waals surface area contributed by atoms with E-state index in [2.05, 4.69) is 0 Å². The summed E-state index contributed by atoms with van der Waals surface area (Å²) in [6.07, 6.45) is 3.13. The quantitative estimate of drug-likeness (QED) is 0.750. The van der Waals surface area contributed by atoms with Crippen LogP contribution in [-0.2, 0) is 19.6 Å². The van der Waals surface area contributed by atoms with Crippen molar-refractivity contribution in [3.8, 4) is 0 Å². The van der Waals surface area contributed by atoms with E-state index in [1.165, 1.54) is 22.3 Å². The first-order valence-electron chi connectivity index (χ1n) is 7.15. The molecule has 1 amide bonds. The molecule has 0 aliphatic carbocycles. The van der Waals surface area contributed by atoms with Crippen molar-refractivity contribution < 1.29 is 18.0 Å². The summed E-state index contributed by atoms with van der Waals surface area (Å²) in [5.41, 5.74) is 0. The molecular formula is C13H22N2O4S2. The van der Waals surface area contributed by atoms with Gasteiger partial charge in [-0.1, -0.05) is 11.8 Å². The van der Waals surface area contributed by atoms with Gasteiger partial charge in [0.2, 0.25) is 15.9 Å². The maximum atomic E-state index is 12.1. The number of piperidine rings is 1. The van der Waals surface area contributed by atoms with Crippen LogP contribution in [0.5, 0.6) is 0 Å². The van der Waals surface area contributed by atoms with E-state index < -0.39 is 10.0 Å². The summed E-state index contributed by atoms with van der Waals surface area (Å²) in [6.45, 7) is 3.21. The van der Waals surface area contributed by atoms with E-state index >= 15 is 0 Å². The Morgan fingerprint density at radius 2 is 1.95 bits per heavy atom. The van der Waals surface area contributed by atoms with Gasteiger partial charge in [0.25, 0.3) is 0 Å². The number of nitrogens with zero attached hydrogens (tertiary/aromatic N) is 2. The molecule has 1 atom stereocenters. The molecule has 0 spiro atoms. The van der Waals surface area contributed by atoms with Gasteiger partial charge in [0.15, 0.2) is 5.12 Å². The Bertz CT molecular complexity index is 512. The van der Waals surface area contributed by atoms with E-state index in [1.807, 2.05) is 4.90 Å². The number of hydrogen-bond acceptors (Lipinski definition) is 5. The van der Waals surface area contributed by atoms with Crippen LogP contribution < -0.4 is 0 Å². The van der Waals surface area contributed by atoms with E-state index in [0.29, 0.717) is 44.6 Å². The van der Waals surface area contributed by atoms with Gasteiger partial charge in [0, 0.05) is 44.8 Å². The lowest BCUT2D eigenvalue weighted by atomic mass is 10.1. The summed E-state index contributed by atoms with van der Waals surface area (Å²) in [7, 11) is -3.13. The molecule has 2 aliphatic heterocycles. The Hall–Kier alpha value is -0.600. The highest BCUT2D eigenvalue weighted by molar-refractivity contribution is 8.13. The zero-order chi connectivity index (χ0) is 15.6. The monoisotopic (exact) mass is 334 g/mol. The molecule has 2 saturated heterocycles. The number of hydrogen-bond donors (Lipinski definition) is 0. The Morgan fingerprint density at radius 1 is 1.33 bits per heavy atom. The first-order chi connectivity index (χ1) is 9.77. The molecule has 0 saturated carbocycles. The summed E-state index contributed by atoms with van der Waals surface area (Å²) in [4.78, 5) is 25.0. The number of amides is 1. The topological polar surface area (TPSA) is 74.8 Å². The summed E-state index contributed by atoms with van der Waals surface area (Å²) in [5.74, 6) is 1.07. The lowest BCUT2D eigenvalue weighted by Gasteiger charge is -2.35. The molecule has 2 fully saturated rings. The second-order valence-electron chi connectivity index (χ2n) is 5.81. The van der Waals surface area contributed by atoms with Gasteiger partial charge in [-0.25, -0.2) is 12.7 Å². The van der Waals surface area contributed by atoms with Crippen LogP contribution >= 0.6 is 11.8 Å². The number of rotatable bonds is 4. The molecule has 8 heteroatoms. The molecule has 0 N–H and O–H groups in total. The van der Waals surface area contributed by atoms with E-state index in [9.17, 15) is 18.0 Å². The van der Waals surface area contributed by atoms with Crippen LogP contribution in [0.2, 0.25) is 0 Å². The minimum absolute atomic E-state index is 0.0855. The van der Waals surface area contributed by atoms with Gasteiger partial charge < -0.3 is 4.90 Å². The second kappa shape index (κ2) is 6.66. The SMILES string of the molecule is CC(=O)SCC1CC(=O)N(C2CCN(S(C)(=O)=O)CC2)C1. The van der Waals surface area contributed by atoms with Crippen molar-refractivity contribution >= 4 is 32.8 Å². The highest BCUT2D eigenvalue weighted by Gasteiger charge is 2.36. The highest BCUT2D eigenvalue weighted by atomic mass is 32.2. The molecule has 6 nitrogen and oxygen atoms in total. The molecule has 0 radical (unpaired) electrons. The van der Waals surface area contributed by atoms with Gasteiger partial charge in [-0.2, -0.15) is 0 Å². The first kappa shape index (κ1) is 16.8. The van der Waals surface area contributed by atoms with E-state index in [4.69, 9.17) is 0 Å². The van der Waals surface area contributed by atoms with Gasteiger partial charge in [0.05, 0.1) is 6.26 Å². The molecular weight excluding hydrogens is 312 g/mol. The van der Waals surface area contributed by atoms with Crippen molar-refractivity contribution in [2.75, 3.05) is 31.6 Å². The zero-order valence-electron chi connectivity index (χ0n) is 12.4. The predicted octanol–water partition coefficient (Wildman–Crippen LogP) is 0.539. The lowest BCUT2D eigenvalue weighted by molar-refractivity contribution is -0.130. The van der Waals surface area contributed by atoms with Crippen LogP contribution in [0.15, 0.2) is 0 Å². The Balaban J connectivity index is 1.86. The van der Waals surface area contributed by atoms with Crippen LogP contribution in [0, 0.1) is 5.92 Å². The number of carbonyl (C=O) groups is 2. The average molecular weight is 334 g/mol. The molecule has 2 aliphatic rings. The molecule has 1 unspecified atom stereocenters. The third kappa shape index (κ3) is 4.43. The van der Waals surface area contributed by atoms with Gasteiger partial charge in [0.1, 0.15) is 0 Å². The smallest absolute Gasteiger partial charge is 0.223 e. The standard InChI is InChI=1S/C13H22N2O4S2/c1-10(16)20-9-11-7-13(17)15(8-11)12-3-5-14(6-4-12)21(2,18)19/h11-12H,3-9H2,1-2H3. The Morgan fingerprint density at radius 3 is 2.48 bits per heavy atom. The number of carbonyl (C=O) groups excluding carboxylic acids is 2. The summed E-state index contributed by atoms with van der Waals surface area (Å²) < 4.78 is 24.5. The largest absolute Gasteiger partial charge is 0.339 e. The van der Waals surface area contributed by atoms with E-state index in [-0.39, 0.29) is 23.0 Å². The number of sulfonamides is 1. The third-order valence-electron chi connectivity index (χ3n) is 4.09. The van der Waals surface area contributed by atoms with Crippen molar-refractivity contribution in [3.63, 3.8) is 0 Å². The molecule has 0 aromatic heterocycles. The average Bonchev–Trinajstić information content (AvgIpc) is 2.77. The maximum absolute atomic E-state index is 12.1. The number of thioether (sulfide) groups is 1. The predicted molar refractivity (Wildman–Crippen MR) is 82.4 cm³/mol. The minimum atomic E-state index is -3.13. The van der Waals surface area contributed by atoms with Crippen LogP contribution in [0.3, 0.4) is 0 Å². The summed E-state index contributed by atoms with van der Waals surface area (Å²) in [5, 5.41) is 0.0855. The van der Waals surface area contributed by atoms with Crippen LogP contribution in [0.1, 0.15) is 26.2 Å². The van der Waals surface area contributed by atoms with E-state index in [1.54, 1.807) is 6.92 Å². The van der Waals surface area contributed by atoms with Crippen LogP contribution in [0.25, 0.3) is 0 Å². The molecule has 2 heterocycles. The zero-order valence-corrected chi connectivity index (χ0v) is 14.1. The molecule has 0 aromatic rings. The van der Waals surface area contributed by atoms with Crippen LogP contribution in [0.4, 0.5) is 0 Å². The summed E-state index contributed by atoms with van der Waals surface area (Å²) in [6, 6.07) is 0.142. The van der Waals surface area contributed by atoms with Gasteiger partial charge in [-0.3, -0.25) is 9.59 Å². The Kier molecular flexibility index (Phi) is 5.32.